The first-order chi connectivity index (χ1) is 25.8. The van der Waals surface area contributed by atoms with Crippen LogP contribution in [0.2, 0.25) is 0 Å². The summed E-state index contributed by atoms with van der Waals surface area (Å²) in [5, 5.41) is 9.98. The molecule has 9 aromatic carbocycles. The van der Waals surface area contributed by atoms with E-state index < -0.39 is 0 Å². The number of aromatic nitrogens is 2. The summed E-state index contributed by atoms with van der Waals surface area (Å²) in [4.78, 5) is 10.4. The maximum absolute atomic E-state index is 5.21. The quantitative estimate of drug-likeness (QED) is 0.136. The molecule has 0 fully saturated rings. The first kappa shape index (κ1) is 30.0. The Morgan fingerprint density at radius 1 is 0.269 bits per heavy atom. The van der Waals surface area contributed by atoms with E-state index >= 15 is 0 Å². The first-order valence-corrected chi connectivity index (χ1v) is 17.7. The Hall–Kier alpha value is -6.90. The van der Waals surface area contributed by atoms with E-state index in [1.54, 1.807) is 0 Å². The van der Waals surface area contributed by atoms with Gasteiger partial charge in [0.1, 0.15) is 0 Å². The van der Waals surface area contributed by atoms with Crippen molar-refractivity contribution in [1.82, 2.24) is 9.97 Å². The zero-order chi connectivity index (χ0) is 34.4. The Balaban J connectivity index is 1.14. The maximum Gasteiger partial charge on any atom is 0.160 e. The van der Waals surface area contributed by atoms with E-state index in [9.17, 15) is 0 Å². The predicted octanol–water partition coefficient (Wildman–Crippen LogP) is 13.4. The smallest absolute Gasteiger partial charge is 0.160 e. The van der Waals surface area contributed by atoms with E-state index in [1.807, 2.05) is 18.2 Å². The fraction of sp³-hybridized carbons (Fsp3) is 0. The Labute approximate surface area is 302 Å². The standard InChI is InChI=1S/C50H32N2/c1-2-15-37(16-3-1)50-51-47(32-48(52-50)44-23-11-10-22-43(44)42-24-12-18-33-13-4-7-19-39(33)42)35-25-27-36(28-26-35)49-41-21-9-6-17-38(41)31-46-40-20-8-5-14-34(40)29-30-45(46)49/h1-32H. The van der Waals surface area contributed by atoms with E-state index in [0.717, 1.165) is 33.6 Å². The summed E-state index contributed by atoms with van der Waals surface area (Å²) >= 11 is 0. The van der Waals surface area contributed by atoms with Crippen LogP contribution in [0.4, 0.5) is 0 Å². The molecule has 0 saturated heterocycles. The van der Waals surface area contributed by atoms with Gasteiger partial charge in [-0.05, 0) is 77.5 Å². The highest BCUT2D eigenvalue weighted by molar-refractivity contribution is 6.20. The molecule has 0 radical (unpaired) electrons. The average Bonchev–Trinajstić information content (AvgIpc) is 3.23. The second-order valence-corrected chi connectivity index (χ2v) is 13.3. The lowest BCUT2D eigenvalue weighted by atomic mass is 9.89. The van der Waals surface area contributed by atoms with Gasteiger partial charge in [0.2, 0.25) is 0 Å². The lowest BCUT2D eigenvalue weighted by Crippen LogP contribution is -1.97. The molecule has 0 aliphatic carbocycles. The molecule has 2 heteroatoms. The van der Waals surface area contributed by atoms with Crippen LogP contribution in [0, 0.1) is 0 Å². The van der Waals surface area contributed by atoms with E-state index in [-0.39, 0.29) is 0 Å². The summed E-state index contributed by atoms with van der Waals surface area (Å²) in [6.45, 7) is 0. The van der Waals surface area contributed by atoms with Crippen molar-refractivity contribution >= 4 is 43.1 Å². The van der Waals surface area contributed by atoms with Gasteiger partial charge < -0.3 is 0 Å². The van der Waals surface area contributed by atoms with E-state index in [2.05, 4.69) is 176 Å². The topological polar surface area (TPSA) is 25.8 Å². The van der Waals surface area contributed by atoms with Crippen LogP contribution in [0.25, 0.3) is 99.2 Å². The molecule has 1 aromatic heterocycles. The summed E-state index contributed by atoms with van der Waals surface area (Å²) in [5.74, 6) is 0.705. The molecule has 0 unspecified atom stereocenters. The third kappa shape index (κ3) is 5.12. The number of nitrogens with zero attached hydrogens (tertiary/aromatic N) is 2. The molecule has 0 amide bonds. The van der Waals surface area contributed by atoms with Crippen molar-refractivity contribution in [2.75, 3.05) is 0 Å². The van der Waals surface area contributed by atoms with Gasteiger partial charge in [-0.2, -0.15) is 0 Å². The minimum absolute atomic E-state index is 0.705. The van der Waals surface area contributed by atoms with E-state index in [0.29, 0.717) is 5.82 Å². The molecule has 0 N–H and O–H groups in total. The molecular formula is C50H32N2. The number of fused-ring (bicyclic) bond motifs is 5. The molecule has 0 spiro atoms. The monoisotopic (exact) mass is 660 g/mol. The largest absolute Gasteiger partial charge is 0.228 e. The third-order valence-corrected chi connectivity index (χ3v) is 10.3. The van der Waals surface area contributed by atoms with E-state index in [1.165, 1.54) is 59.8 Å². The SMILES string of the molecule is c1ccc(-c2nc(-c3ccc(-c4c5ccccc5cc5c4ccc4ccccc45)cc3)cc(-c3ccccc3-c3cccc4ccccc34)n2)cc1. The van der Waals surface area contributed by atoms with Gasteiger partial charge in [0.15, 0.2) is 5.82 Å². The van der Waals surface area contributed by atoms with Gasteiger partial charge in [-0.15, -0.1) is 0 Å². The lowest BCUT2D eigenvalue weighted by molar-refractivity contribution is 1.18. The molecule has 10 rings (SSSR count). The number of rotatable bonds is 5. The highest BCUT2D eigenvalue weighted by Gasteiger charge is 2.17. The number of hydrogen-bond acceptors (Lipinski definition) is 2. The number of hydrogen-bond donors (Lipinski definition) is 0. The molecule has 1 heterocycles. The van der Waals surface area contributed by atoms with Gasteiger partial charge in [-0.3, -0.25) is 0 Å². The highest BCUT2D eigenvalue weighted by Crippen LogP contribution is 2.41. The zero-order valence-corrected chi connectivity index (χ0v) is 28.4. The van der Waals surface area contributed by atoms with Gasteiger partial charge in [0, 0.05) is 16.7 Å². The molecule has 10 aromatic rings. The van der Waals surface area contributed by atoms with Crippen LogP contribution in [-0.4, -0.2) is 9.97 Å². The molecule has 0 aliphatic rings. The van der Waals surface area contributed by atoms with Crippen LogP contribution in [0.5, 0.6) is 0 Å². The second kappa shape index (κ2) is 12.5. The van der Waals surface area contributed by atoms with Crippen LogP contribution in [0.3, 0.4) is 0 Å². The summed E-state index contributed by atoms with van der Waals surface area (Å²) in [5.41, 5.74) is 9.65. The minimum Gasteiger partial charge on any atom is -0.228 e. The molecule has 0 saturated carbocycles. The summed E-state index contributed by atoms with van der Waals surface area (Å²) < 4.78 is 0. The van der Waals surface area contributed by atoms with Crippen LogP contribution in [0.15, 0.2) is 194 Å². The van der Waals surface area contributed by atoms with Crippen molar-refractivity contribution in [3.05, 3.63) is 194 Å². The fourth-order valence-electron chi connectivity index (χ4n) is 7.79. The first-order valence-electron chi connectivity index (χ1n) is 17.7. The van der Waals surface area contributed by atoms with Gasteiger partial charge in [0.25, 0.3) is 0 Å². The molecule has 2 nitrogen and oxygen atoms in total. The van der Waals surface area contributed by atoms with Crippen LogP contribution in [-0.2, 0) is 0 Å². The Morgan fingerprint density at radius 2 is 0.846 bits per heavy atom. The predicted molar refractivity (Wildman–Crippen MR) is 219 cm³/mol. The molecular weight excluding hydrogens is 629 g/mol. The van der Waals surface area contributed by atoms with Crippen molar-refractivity contribution in [1.29, 1.82) is 0 Å². The molecule has 242 valence electrons. The van der Waals surface area contributed by atoms with Crippen molar-refractivity contribution in [2.45, 2.75) is 0 Å². The second-order valence-electron chi connectivity index (χ2n) is 13.3. The van der Waals surface area contributed by atoms with Gasteiger partial charge in [0.05, 0.1) is 11.4 Å². The summed E-state index contributed by atoms with van der Waals surface area (Å²) in [6, 6.07) is 69.3. The van der Waals surface area contributed by atoms with Crippen molar-refractivity contribution in [3.63, 3.8) is 0 Å². The normalized spacial score (nSPS) is 11.5. The van der Waals surface area contributed by atoms with E-state index in [4.69, 9.17) is 9.97 Å². The van der Waals surface area contributed by atoms with Crippen LogP contribution in [0.1, 0.15) is 0 Å². The van der Waals surface area contributed by atoms with Gasteiger partial charge in [-0.1, -0.05) is 182 Å². The highest BCUT2D eigenvalue weighted by atomic mass is 14.9. The Bertz CT molecular complexity index is 2940. The maximum atomic E-state index is 5.21. The average molecular weight is 661 g/mol. The van der Waals surface area contributed by atoms with Gasteiger partial charge in [-0.25, -0.2) is 9.97 Å². The van der Waals surface area contributed by atoms with Crippen LogP contribution < -0.4 is 0 Å². The molecule has 0 aliphatic heterocycles. The van der Waals surface area contributed by atoms with Gasteiger partial charge >= 0.3 is 0 Å². The Morgan fingerprint density at radius 3 is 1.65 bits per heavy atom. The Kier molecular flexibility index (Phi) is 7.18. The molecule has 0 atom stereocenters. The summed E-state index contributed by atoms with van der Waals surface area (Å²) in [6.07, 6.45) is 0. The minimum atomic E-state index is 0.705. The van der Waals surface area contributed by atoms with Crippen molar-refractivity contribution in [2.24, 2.45) is 0 Å². The molecule has 52 heavy (non-hydrogen) atoms. The lowest BCUT2D eigenvalue weighted by Gasteiger charge is -2.15. The number of benzene rings is 9. The third-order valence-electron chi connectivity index (χ3n) is 10.3. The van der Waals surface area contributed by atoms with Crippen molar-refractivity contribution < 1.29 is 0 Å². The van der Waals surface area contributed by atoms with Crippen LogP contribution >= 0.6 is 0 Å². The van der Waals surface area contributed by atoms with Crippen molar-refractivity contribution in [3.8, 4) is 56.2 Å². The zero-order valence-electron chi connectivity index (χ0n) is 28.4. The molecule has 0 bridgehead atoms. The summed E-state index contributed by atoms with van der Waals surface area (Å²) in [7, 11) is 0. The fourth-order valence-corrected chi connectivity index (χ4v) is 7.79.